The Hall–Kier alpha value is -1.94. The average Bonchev–Trinajstić information content (AvgIpc) is 2.72. The first kappa shape index (κ1) is 20.0. The molecule has 0 amide bonds. The number of piperidine rings is 1. The van der Waals surface area contributed by atoms with Crippen LogP contribution in [0.1, 0.15) is 56.6 Å². The van der Waals surface area contributed by atoms with Crippen molar-refractivity contribution in [1.29, 1.82) is 0 Å². The molecule has 5 rings (SSSR count). The number of halogens is 1. The van der Waals surface area contributed by atoms with Crippen LogP contribution < -0.4 is 4.90 Å². The van der Waals surface area contributed by atoms with E-state index in [1.54, 1.807) is 0 Å². The van der Waals surface area contributed by atoms with Crippen LogP contribution in [0.25, 0.3) is 0 Å². The van der Waals surface area contributed by atoms with Gasteiger partial charge < -0.3 is 4.90 Å². The number of hydrogen-bond acceptors (Lipinski definition) is 3. The number of rotatable bonds is 1. The number of hydrogen-bond donors (Lipinski definition) is 0. The van der Waals surface area contributed by atoms with Crippen LogP contribution in [0.5, 0.6) is 0 Å². The van der Waals surface area contributed by atoms with Crippen LogP contribution in [0.3, 0.4) is 0 Å². The molecule has 1 saturated carbocycles. The molecule has 3 aliphatic rings. The molecule has 4 heteroatoms. The minimum absolute atomic E-state index is 0.0608. The van der Waals surface area contributed by atoms with Gasteiger partial charge in [0, 0.05) is 35.6 Å². The molecule has 2 fully saturated rings. The molecule has 2 aromatic carbocycles. The predicted octanol–water partition coefficient (Wildman–Crippen LogP) is 5.70. The van der Waals surface area contributed by atoms with E-state index in [9.17, 15) is 9.59 Å². The lowest BCUT2D eigenvalue weighted by atomic mass is 9.55. The van der Waals surface area contributed by atoms with Gasteiger partial charge in [0.05, 0.1) is 0 Å². The molecule has 0 aromatic heterocycles. The molecule has 30 heavy (non-hydrogen) atoms. The highest BCUT2D eigenvalue weighted by Gasteiger charge is 2.60. The quantitative estimate of drug-likeness (QED) is 0.506. The first-order chi connectivity index (χ1) is 14.3. The van der Waals surface area contributed by atoms with Crippen LogP contribution in [0.15, 0.2) is 53.0 Å². The standard InChI is InChI=1S/C26H28BrNO2/c1-25(2)15-23(29)26(24(30)16-25)14-19-8-9-20(27)13-21(19)28-11-10-18(12-22(26)28)17-6-4-3-5-7-17/h3-9,13,18,22H,10-12,14-16H2,1-2H3/t18-,22+/m1/s1. The third kappa shape index (κ3) is 3.07. The molecule has 2 atom stereocenters. The van der Waals surface area contributed by atoms with Crippen LogP contribution in [0, 0.1) is 10.8 Å². The number of nitrogens with zero attached hydrogens (tertiary/aromatic N) is 1. The first-order valence-corrected chi connectivity index (χ1v) is 11.8. The summed E-state index contributed by atoms with van der Waals surface area (Å²) in [6, 6.07) is 16.8. The molecule has 2 aromatic rings. The van der Waals surface area contributed by atoms with Gasteiger partial charge in [-0.1, -0.05) is 66.2 Å². The van der Waals surface area contributed by atoms with Gasteiger partial charge in [0.25, 0.3) is 0 Å². The van der Waals surface area contributed by atoms with E-state index in [0.717, 1.165) is 29.4 Å². The lowest BCUT2D eigenvalue weighted by Crippen LogP contribution is -2.65. The Kier molecular flexibility index (Phi) is 4.70. The first-order valence-electron chi connectivity index (χ1n) is 11.0. The lowest BCUT2D eigenvalue weighted by molar-refractivity contribution is -0.151. The highest BCUT2D eigenvalue weighted by atomic mass is 79.9. The summed E-state index contributed by atoms with van der Waals surface area (Å²) in [5.74, 6) is 0.690. The third-order valence-electron chi connectivity index (χ3n) is 7.54. The molecule has 0 N–H and O–H groups in total. The Balaban J connectivity index is 1.62. The second-order valence-corrected chi connectivity index (χ2v) is 11.0. The maximum absolute atomic E-state index is 13.7. The molecule has 1 aliphatic carbocycles. The van der Waals surface area contributed by atoms with Crippen LogP contribution in [0.4, 0.5) is 5.69 Å². The fourth-order valence-corrected chi connectivity index (χ4v) is 6.44. The fourth-order valence-electron chi connectivity index (χ4n) is 6.09. The smallest absolute Gasteiger partial charge is 0.149 e. The Bertz CT molecular complexity index is 993. The van der Waals surface area contributed by atoms with Gasteiger partial charge in [-0.25, -0.2) is 0 Å². The predicted molar refractivity (Wildman–Crippen MR) is 123 cm³/mol. The molecule has 0 bridgehead atoms. The van der Waals surface area contributed by atoms with Crippen molar-refractivity contribution in [3.63, 3.8) is 0 Å². The second-order valence-electron chi connectivity index (χ2n) is 10.1. The van der Waals surface area contributed by atoms with Crippen molar-refractivity contribution in [3.8, 4) is 0 Å². The maximum atomic E-state index is 13.7. The maximum Gasteiger partial charge on any atom is 0.149 e. The summed E-state index contributed by atoms with van der Waals surface area (Å²) in [6.07, 6.45) is 3.42. The zero-order valence-corrected chi connectivity index (χ0v) is 19.2. The Morgan fingerprint density at radius 3 is 2.37 bits per heavy atom. The number of fused-ring (bicyclic) bond motifs is 4. The zero-order chi connectivity index (χ0) is 21.1. The van der Waals surface area contributed by atoms with Crippen molar-refractivity contribution >= 4 is 33.2 Å². The average molecular weight is 466 g/mol. The second kappa shape index (κ2) is 7.05. The minimum atomic E-state index is -0.899. The van der Waals surface area contributed by atoms with Crippen LogP contribution in [-0.2, 0) is 16.0 Å². The van der Waals surface area contributed by atoms with E-state index in [1.165, 1.54) is 11.3 Å². The SMILES string of the molecule is CC1(C)CC(=O)C2(Cc3ccc(Br)cc3N3CC[C@@H](c4ccccc4)C[C@H]32)C(=O)C1. The van der Waals surface area contributed by atoms with E-state index >= 15 is 0 Å². The number of benzene rings is 2. The van der Waals surface area contributed by atoms with Crippen LogP contribution in [0.2, 0.25) is 0 Å². The summed E-state index contributed by atoms with van der Waals surface area (Å²) in [5, 5.41) is 0. The number of Topliss-reactive ketones (excluding diaryl/α,β-unsaturated/α-hetero) is 2. The monoisotopic (exact) mass is 465 g/mol. The highest BCUT2D eigenvalue weighted by Crippen LogP contribution is 2.54. The molecular formula is C26H28BrNO2. The summed E-state index contributed by atoms with van der Waals surface area (Å²) in [7, 11) is 0. The van der Waals surface area contributed by atoms with Crippen molar-refractivity contribution in [2.45, 2.75) is 57.9 Å². The number of anilines is 1. The largest absolute Gasteiger partial charge is 0.367 e. The van der Waals surface area contributed by atoms with Crippen molar-refractivity contribution in [1.82, 2.24) is 0 Å². The topological polar surface area (TPSA) is 37.4 Å². The van der Waals surface area contributed by atoms with Gasteiger partial charge in [0.15, 0.2) is 0 Å². The minimum Gasteiger partial charge on any atom is -0.367 e. The highest BCUT2D eigenvalue weighted by molar-refractivity contribution is 9.10. The van der Waals surface area contributed by atoms with Crippen molar-refractivity contribution in [2.24, 2.45) is 10.8 Å². The lowest BCUT2D eigenvalue weighted by Gasteiger charge is -2.56. The molecular weight excluding hydrogens is 438 g/mol. The van der Waals surface area contributed by atoms with E-state index in [4.69, 9.17) is 0 Å². The molecule has 0 unspecified atom stereocenters. The Morgan fingerprint density at radius 2 is 1.67 bits per heavy atom. The van der Waals surface area contributed by atoms with E-state index in [2.05, 4.69) is 71.1 Å². The van der Waals surface area contributed by atoms with Gasteiger partial charge in [-0.15, -0.1) is 0 Å². The summed E-state index contributed by atoms with van der Waals surface area (Å²) in [5.41, 5.74) is 2.51. The van der Waals surface area contributed by atoms with Crippen molar-refractivity contribution in [2.75, 3.05) is 11.4 Å². The normalized spacial score (nSPS) is 27.0. The third-order valence-corrected chi connectivity index (χ3v) is 8.03. The van der Waals surface area contributed by atoms with Crippen LogP contribution >= 0.6 is 15.9 Å². The van der Waals surface area contributed by atoms with Gasteiger partial charge >= 0.3 is 0 Å². The Morgan fingerprint density at radius 1 is 0.967 bits per heavy atom. The fraction of sp³-hybridized carbons (Fsp3) is 0.462. The van der Waals surface area contributed by atoms with Gasteiger partial charge in [0.1, 0.15) is 17.0 Å². The van der Waals surface area contributed by atoms with E-state index in [-0.39, 0.29) is 23.0 Å². The molecule has 0 radical (unpaired) electrons. The van der Waals surface area contributed by atoms with Crippen molar-refractivity contribution < 1.29 is 9.59 Å². The van der Waals surface area contributed by atoms with Gasteiger partial charge in [-0.05, 0) is 53.9 Å². The Labute approximate surface area is 187 Å². The summed E-state index contributed by atoms with van der Waals surface area (Å²) in [4.78, 5) is 29.8. The van der Waals surface area contributed by atoms with E-state index < -0.39 is 5.41 Å². The van der Waals surface area contributed by atoms with Gasteiger partial charge in [-0.2, -0.15) is 0 Å². The van der Waals surface area contributed by atoms with Gasteiger partial charge in [-0.3, -0.25) is 9.59 Å². The molecule has 156 valence electrons. The summed E-state index contributed by atoms with van der Waals surface area (Å²) in [6.45, 7) is 4.98. The van der Waals surface area contributed by atoms with E-state index in [1.807, 2.05) is 12.1 Å². The number of carbonyl (C=O) groups is 2. The summed E-state index contributed by atoms with van der Waals surface area (Å²) >= 11 is 3.62. The number of carbonyl (C=O) groups excluding carboxylic acids is 2. The van der Waals surface area contributed by atoms with Crippen LogP contribution in [-0.4, -0.2) is 24.2 Å². The molecule has 1 saturated heterocycles. The molecule has 3 nitrogen and oxygen atoms in total. The zero-order valence-electron chi connectivity index (χ0n) is 17.7. The molecule has 2 aliphatic heterocycles. The van der Waals surface area contributed by atoms with Crippen molar-refractivity contribution in [3.05, 3.63) is 64.1 Å². The summed E-state index contributed by atoms with van der Waals surface area (Å²) < 4.78 is 1.04. The molecule has 2 heterocycles. The number of ketones is 2. The van der Waals surface area contributed by atoms with E-state index in [0.29, 0.717) is 25.2 Å². The van der Waals surface area contributed by atoms with Gasteiger partial charge in [0.2, 0.25) is 0 Å². The molecule has 1 spiro atoms.